The van der Waals surface area contributed by atoms with Gasteiger partial charge in [0.1, 0.15) is 17.0 Å². The summed E-state index contributed by atoms with van der Waals surface area (Å²) < 4.78 is 1.40. The van der Waals surface area contributed by atoms with Crippen LogP contribution in [0, 0.1) is 0 Å². The van der Waals surface area contributed by atoms with Crippen LogP contribution >= 0.6 is 0 Å². The van der Waals surface area contributed by atoms with E-state index in [0.29, 0.717) is 16.6 Å². The number of aromatic nitrogens is 2. The van der Waals surface area contributed by atoms with E-state index in [0.717, 1.165) is 0 Å². The van der Waals surface area contributed by atoms with Crippen molar-refractivity contribution in [3.8, 4) is 11.5 Å². The van der Waals surface area contributed by atoms with Crippen molar-refractivity contribution < 1.29 is 10.2 Å². The van der Waals surface area contributed by atoms with E-state index in [9.17, 15) is 15.0 Å². The highest BCUT2D eigenvalue weighted by Gasteiger charge is 2.12. The van der Waals surface area contributed by atoms with Crippen LogP contribution in [0.1, 0.15) is 5.56 Å². The van der Waals surface area contributed by atoms with Crippen LogP contribution in [-0.4, -0.2) is 19.8 Å². The summed E-state index contributed by atoms with van der Waals surface area (Å²) >= 11 is 0. The minimum atomic E-state index is -0.320. The lowest BCUT2D eigenvalue weighted by molar-refractivity contribution is 0.464. The first-order valence-electron chi connectivity index (χ1n) is 5.84. The van der Waals surface area contributed by atoms with Gasteiger partial charge in [0, 0.05) is 5.56 Å². The number of H-pyrrole nitrogens is 1. The van der Waals surface area contributed by atoms with Crippen LogP contribution in [0.3, 0.4) is 0 Å². The van der Waals surface area contributed by atoms with E-state index in [4.69, 9.17) is 0 Å². The van der Waals surface area contributed by atoms with E-state index in [-0.39, 0.29) is 23.7 Å². The molecule has 1 heterocycles. The fourth-order valence-electron chi connectivity index (χ4n) is 2.17. The molecule has 3 rings (SSSR count). The smallest absolute Gasteiger partial charge is 0.326 e. The molecule has 1 aromatic heterocycles. The third-order valence-electron chi connectivity index (χ3n) is 3.09. The topological polar surface area (TPSA) is 78.2 Å². The fourth-order valence-corrected chi connectivity index (χ4v) is 2.17. The molecule has 0 spiro atoms. The lowest BCUT2D eigenvalue weighted by atomic mass is 10.2. The van der Waals surface area contributed by atoms with Crippen molar-refractivity contribution in [1.29, 1.82) is 0 Å². The third kappa shape index (κ3) is 1.85. The van der Waals surface area contributed by atoms with Gasteiger partial charge in [-0.1, -0.05) is 24.3 Å². The molecule has 2 aromatic carbocycles. The average molecular weight is 256 g/mol. The molecule has 0 unspecified atom stereocenters. The quantitative estimate of drug-likeness (QED) is 0.654. The second-order valence-electron chi connectivity index (χ2n) is 4.32. The highest BCUT2D eigenvalue weighted by molar-refractivity contribution is 5.81. The monoisotopic (exact) mass is 256 g/mol. The number of imidazole rings is 1. The molecule has 5 nitrogen and oxygen atoms in total. The summed E-state index contributed by atoms with van der Waals surface area (Å²) in [6.07, 6.45) is 0. The van der Waals surface area contributed by atoms with Crippen LogP contribution in [-0.2, 0) is 6.54 Å². The molecule has 0 saturated carbocycles. The molecule has 0 aliphatic rings. The maximum absolute atomic E-state index is 11.9. The van der Waals surface area contributed by atoms with Crippen LogP contribution < -0.4 is 5.69 Å². The first-order chi connectivity index (χ1) is 9.16. The zero-order valence-electron chi connectivity index (χ0n) is 10.00. The van der Waals surface area contributed by atoms with Gasteiger partial charge in [0.05, 0.1) is 12.1 Å². The van der Waals surface area contributed by atoms with Crippen molar-refractivity contribution in [2.45, 2.75) is 6.54 Å². The number of hydrogen-bond acceptors (Lipinski definition) is 3. The number of fused-ring (bicyclic) bond motifs is 1. The first kappa shape index (κ1) is 11.4. The van der Waals surface area contributed by atoms with Crippen molar-refractivity contribution in [1.82, 2.24) is 9.55 Å². The molecule has 0 bridgehead atoms. The molecule has 0 atom stereocenters. The van der Waals surface area contributed by atoms with E-state index in [1.807, 2.05) is 0 Å². The predicted octanol–water partition coefficient (Wildman–Crippen LogP) is 1.79. The molecule has 19 heavy (non-hydrogen) atoms. The maximum Gasteiger partial charge on any atom is 0.326 e. The van der Waals surface area contributed by atoms with Crippen molar-refractivity contribution in [2.24, 2.45) is 0 Å². The van der Waals surface area contributed by atoms with Crippen LogP contribution in [0.2, 0.25) is 0 Å². The van der Waals surface area contributed by atoms with Gasteiger partial charge in [0.2, 0.25) is 0 Å². The normalized spacial score (nSPS) is 10.9. The highest BCUT2D eigenvalue weighted by atomic mass is 16.3. The molecule has 0 aliphatic heterocycles. The Bertz CT molecular complexity index is 802. The Morgan fingerprint density at radius 2 is 1.74 bits per heavy atom. The second kappa shape index (κ2) is 4.20. The summed E-state index contributed by atoms with van der Waals surface area (Å²) in [5, 5.41) is 19.6. The van der Waals surface area contributed by atoms with E-state index < -0.39 is 0 Å². The number of aromatic hydroxyl groups is 2. The van der Waals surface area contributed by atoms with Gasteiger partial charge in [0.15, 0.2) is 0 Å². The molecule has 0 fully saturated rings. The molecule has 5 heteroatoms. The number of benzene rings is 2. The van der Waals surface area contributed by atoms with Gasteiger partial charge >= 0.3 is 5.69 Å². The molecule has 3 N–H and O–H groups in total. The fraction of sp³-hybridized carbons (Fsp3) is 0.0714. The highest BCUT2D eigenvalue weighted by Crippen LogP contribution is 2.24. The van der Waals surface area contributed by atoms with Crippen LogP contribution in [0.4, 0.5) is 0 Å². The Labute approximate surface area is 108 Å². The number of hydrogen-bond donors (Lipinski definition) is 3. The van der Waals surface area contributed by atoms with Crippen LogP contribution in [0.25, 0.3) is 11.0 Å². The molecular weight excluding hydrogens is 244 g/mol. The van der Waals surface area contributed by atoms with E-state index >= 15 is 0 Å². The van der Waals surface area contributed by atoms with Gasteiger partial charge in [-0.3, -0.25) is 4.57 Å². The molecule has 0 saturated heterocycles. The number of nitrogens with zero attached hydrogens (tertiary/aromatic N) is 1. The Kier molecular flexibility index (Phi) is 2.52. The van der Waals surface area contributed by atoms with Crippen LogP contribution in [0.5, 0.6) is 11.5 Å². The SMILES string of the molecule is O=c1[nH]c2cccc(O)c2n1Cc1ccccc1O. The lowest BCUT2D eigenvalue weighted by Crippen LogP contribution is -2.17. The summed E-state index contributed by atoms with van der Waals surface area (Å²) in [7, 11) is 0. The number of para-hydroxylation sites is 2. The maximum atomic E-state index is 11.9. The predicted molar refractivity (Wildman–Crippen MR) is 71.4 cm³/mol. The van der Waals surface area contributed by atoms with Gasteiger partial charge in [0.25, 0.3) is 0 Å². The molecule has 0 radical (unpaired) electrons. The summed E-state index contributed by atoms with van der Waals surface area (Å²) in [6, 6.07) is 11.7. The zero-order valence-corrected chi connectivity index (χ0v) is 10.00. The molecule has 0 amide bonds. The summed E-state index contributed by atoms with van der Waals surface area (Å²) in [5.74, 6) is 0.158. The van der Waals surface area contributed by atoms with Crippen molar-refractivity contribution >= 4 is 11.0 Å². The van der Waals surface area contributed by atoms with E-state index in [2.05, 4.69) is 4.98 Å². The zero-order chi connectivity index (χ0) is 13.4. The Morgan fingerprint density at radius 3 is 2.53 bits per heavy atom. The van der Waals surface area contributed by atoms with Gasteiger partial charge in [-0.25, -0.2) is 4.79 Å². The molecule has 0 aliphatic carbocycles. The van der Waals surface area contributed by atoms with Gasteiger partial charge in [-0.05, 0) is 18.2 Å². The van der Waals surface area contributed by atoms with E-state index in [1.165, 1.54) is 10.6 Å². The lowest BCUT2D eigenvalue weighted by Gasteiger charge is -2.06. The van der Waals surface area contributed by atoms with Crippen LogP contribution in [0.15, 0.2) is 47.3 Å². The third-order valence-corrected chi connectivity index (χ3v) is 3.09. The second-order valence-corrected chi connectivity index (χ2v) is 4.32. The van der Waals surface area contributed by atoms with Gasteiger partial charge in [-0.2, -0.15) is 0 Å². The number of rotatable bonds is 2. The van der Waals surface area contributed by atoms with E-state index in [1.54, 1.807) is 36.4 Å². The first-order valence-corrected chi connectivity index (χ1v) is 5.84. The Morgan fingerprint density at radius 1 is 1.00 bits per heavy atom. The van der Waals surface area contributed by atoms with Gasteiger partial charge < -0.3 is 15.2 Å². The summed E-state index contributed by atoms with van der Waals surface area (Å²) in [5.41, 5.74) is 1.31. The number of phenols is 2. The minimum Gasteiger partial charge on any atom is -0.508 e. The number of phenolic OH excluding ortho intramolecular Hbond substituents is 2. The summed E-state index contributed by atoms with van der Waals surface area (Å²) in [4.78, 5) is 14.6. The standard InChI is InChI=1S/C14H12N2O3/c17-11-6-2-1-4-9(11)8-16-13-10(15-14(16)19)5-3-7-12(13)18/h1-7,17-18H,8H2,(H,15,19). The number of nitrogens with one attached hydrogen (secondary N) is 1. The van der Waals surface area contributed by atoms with Crippen molar-refractivity contribution in [3.05, 3.63) is 58.5 Å². The molecular formula is C14H12N2O3. The average Bonchev–Trinajstić information content (AvgIpc) is 2.70. The largest absolute Gasteiger partial charge is 0.508 e. The van der Waals surface area contributed by atoms with Gasteiger partial charge in [-0.15, -0.1) is 0 Å². The molecule has 3 aromatic rings. The van der Waals surface area contributed by atoms with Crippen molar-refractivity contribution in [2.75, 3.05) is 0 Å². The number of aromatic amines is 1. The Hall–Kier alpha value is -2.69. The molecule has 96 valence electrons. The summed E-state index contributed by atoms with van der Waals surface area (Å²) in [6.45, 7) is 0.197. The van der Waals surface area contributed by atoms with Crippen molar-refractivity contribution in [3.63, 3.8) is 0 Å². The Balaban J connectivity index is 2.19. The minimum absolute atomic E-state index is 0.0336.